The van der Waals surface area contributed by atoms with Crippen molar-refractivity contribution in [3.63, 3.8) is 0 Å². The van der Waals surface area contributed by atoms with Gasteiger partial charge in [-0.15, -0.1) is 0 Å². The van der Waals surface area contributed by atoms with Crippen LogP contribution in [0.4, 0.5) is 5.82 Å². The molecule has 2 aromatic heterocycles. The van der Waals surface area contributed by atoms with Gasteiger partial charge < -0.3 is 14.5 Å². The quantitative estimate of drug-likeness (QED) is 0.864. The summed E-state index contributed by atoms with van der Waals surface area (Å²) < 4.78 is 5.24. The molecule has 1 fully saturated rings. The van der Waals surface area contributed by atoms with Gasteiger partial charge in [-0.25, -0.2) is 9.97 Å². The molecule has 0 aromatic carbocycles. The molecule has 0 unspecified atom stereocenters. The second kappa shape index (κ2) is 6.86. The van der Waals surface area contributed by atoms with Crippen LogP contribution in [0.2, 0.25) is 0 Å². The van der Waals surface area contributed by atoms with E-state index in [9.17, 15) is 4.79 Å². The van der Waals surface area contributed by atoms with Crippen LogP contribution in [0.1, 0.15) is 34.8 Å². The Morgan fingerprint density at radius 1 is 1.29 bits per heavy atom. The lowest BCUT2D eigenvalue weighted by Gasteiger charge is -2.26. The number of pyridine rings is 2. The average Bonchev–Trinajstić information content (AvgIpc) is 3.11. The molecule has 0 N–H and O–H groups in total. The largest absolute Gasteiger partial charge is 0.480 e. The molecule has 1 saturated heterocycles. The number of nitrogens with zero attached hydrogens (tertiary/aromatic N) is 4. The smallest absolute Gasteiger partial charge is 0.259 e. The third kappa shape index (κ3) is 3.04. The summed E-state index contributed by atoms with van der Waals surface area (Å²) in [5, 5.41) is 0. The van der Waals surface area contributed by atoms with Crippen molar-refractivity contribution in [3.8, 4) is 5.88 Å². The molecule has 6 nitrogen and oxygen atoms in total. The molecule has 1 aliphatic rings. The molecular formula is C18H22N4O2. The Morgan fingerprint density at radius 3 is 2.88 bits per heavy atom. The fourth-order valence-corrected chi connectivity index (χ4v) is 3.11. The first kappa shape index (κ1) is 16.2. The molecule has 1 aliphatic heterocycles. The van der Waals surface area contributed by atoms with Crippen LogP contribution in [0.5, 0.6) is 5.88 Å². The highest BCUT2D eigenvalue weighted by atomic mass is 16.5. The number of hydrogen-bond donors (Lipinski definition) is 0. The molecule has 3 heterocycles. The van der Waals surface area contributed by atoms with Crippen LogP contribution in [0.15, 0.2) is 36.7 Å². The van der Waals surface area contributed by atoms with Gasteiger partial charge in [0.2, 0.25) is 5.88 Å². The van der Waals surface area contributed by atoms with Crippen LogP contribution in [-0.2, 0) is 0 Å². The van der Waals surface area contributed by atoms with Crippen LogP contribution in [-0.4, -0.2) is 48.5 Å². The normalized spacial score (nSPS) is 17.0. The van der Waals surface area contributed by atoms with Gasteiger partial charge in [0.1, 0.15) is 11.4 Å². The van der Waals surface area contributed by atoms with Gasteiger partial charge in [0.05, 0.1) is 13.2 Å². The lowest BCUT2D eigenvalue weighted by molar-refractivity contribution is 0.0731. The van der Waals surface area contributed by atoms with E-state index in [2.05, 4.69) is 16.0 Å². The third-order valence-electron chi connectivity index (χ3n) is 4.32. The molecule has 2 aromatic rings. The van der Waals surface area contributed by atoms with E-state index in [-0.39, 0.29) is 11.9 Å². The number of rotatable bonds is 4. The maximum Gasteiger partial charge on any atom is 0.259 e. The van der Waals surface area contributed by atoms with Crippen molar-refractivity contribution in [2.75, 3.05) is 32.6 Å². The Kier molecular flexibility index (Phi) is 4.64. The summed E-state index contributed by atoms with van der Waals surface area (Å²) in [5.41, 5.74) is 1.62. The van der Waals surface area contributed by atoms with E-state index in [0.29, 0.717) is 11.4 Å². The van der Waals surface area contributed by atoms with Crippen molar-refractivity contribution in [2.45, 2.75) is 18.9 Å². The SMILES string of the molecule is COc1ncccc1C(=O)N1CCC[C@@H]1c1ccnc(N(C)C)c1. The van der Waals surface area contributed by atoms with Crippen LogP contribution in [0, 0.1) is 0 Å². The topological polar surface area (TPSA) is 58.6 Å². The minimum atomic E-state index is -0.0364. The third-order valence-corrected chi connectivity index (χ3v) is 4.32. The molecule has 0 saturated carbocycles. The minimum absolute atomic E-state index is 0.0364. The molecule has 24 heavy (non-hydrogen) atoms. The van der Waals surface area contributed by atoms with E-state index in [1.165, 1.54) is 7.11 Å². The predicted molar refractivity (Wildman–Crippen MR) is 92.4 cm³/mol. The molecule has 1 atom stereocenters. The molecule has 0 spiro atoms. The summed E-state index contributed by atoms with van der Waals surface area (Å²) >= 11 is 0. The number of carbonyl (C=O) groups excluding carboxylic acids is 1. The van der Waals surface area contributed by atoms with E-state index < -0.39 is 0 Å². The summed E-state index contributed by atoms with van der Waals surface area (Å²) in [4.78, 5) is 25.4. The zero-order chi connectivity index (χ0) is 17.1. The molecule has 6 heteroatoms. The van der Waals surface area contributed by atoms with Crippen molar-refractivity contribution in [2.24, 2.45) is 0 Å². The summed E-state index contributed by atoms with van der Waals surface area (Å²) in [7, 11) is 5.46. The molecule has 1 amide bonds. The van der Waals surface area contributed by atoms with Crippen molar-refractivity contribution >= 4 is 11.7 Å². The van der Waals surface area contributed by atoms with Gasteiger partial charge in [-0.05, 0) is 42.7 Å². The number of anilines is 1. The molecule has 126 valence electrons. The Hall–Kier alpha value is -2.63. The minimum Gasteiger partial charge on any atom is -0.480 e. The summed E-state index contributed by atoms with van der Waals surface area (Å²) in [6, 6.07) is 7.63. The highest BCUT2D eigenvalue weighted by molar-refractivity contribution is 5.96. The van der Waals surface area contributed by atoms with E-state index in [4.69, 9.17) is 4.74 Å². The van der Waals surface area contributed by atoms with Crippen LogP contribution in [0.3, 0.4) is 0 Å². The van der Waals surface area contributed by atoms with E-state index >= 15 is 0 Å². The average molecular weight is 326 g/mol. The van der Waals surface area contributed by atoms with E-state index in [0.717, 1.165) is 30.8 Å². The maximum absolute atomic E-state index is 13.0. The Balaban J connectivity index is 1.90. The van der Waals surface area contributed by atoms with Gasteiger partial charge in [-0.3, -0.25) is 4.79 Å². The Labute approximate surface area is 142 Å². The first-order valence-corrected chi connectivity index (χ1v) is 8.05. The van der Waals surface area contributed by atoms with Crippen molar-refractivity contribution in [1.29, 1.82) is 0 Å². The lowest BCUT2D eigenvalue weighted by atomic mass is 10.0. The number of carbonyl (C=O) groups is 1. The Morgan fingerprint density at radius 2 is 2.12 bits per heavy atom. The summed E-state index contributed by atoms with van der Waals surface area (Å²) in [6.45, 7) is 0.737. The second-order valence-corrected chi connectivity index (χ2v) is 6.06. The monoisotopic (exact) mass is 326 g/mol. The summed E-state index contributed by atoms with van der Waals surface area (Å²) in [6.07, 6.45) is 5.36. The van der Waals surface area contributed by atoms with Gasteiger partial charge in [-0.1, -0.05) is 0 Å². The fourth-order valence-electron chi connectivity index (χ4n) is 3.11. The van der Waals surface area contributed by atoms with Gasteiger partial charge in [0.25, 0.3) is 5.91 Å². The molecule has 0 bridgehead atoms. The fraction of sp³-hybridized carbons (Fsp3) is 0.389. The van der Waals surface area contributed by atoms with E-state index in [1.54, 1.807) is 24.5 Å². The first-order valence-electron chi connectivity index (χ1n) is 8.05. The standard InChI is InChI=1S/C18H22N4O2/c1-21(2)16-12-13(8-10-19-16)15-7-5-11-22(15)18(23)14-6-4-9-20-17(14)24-3/h4,6,8-10,12,15H,5,7,11H2,1-3H3/t15-/m1/s1. The number of amides is 1. The number of likely N-dealkylation sites (tertiary alicyclic amines) is 1. The van der Waals surface area contributed by atoms with Crippen LogP contribution < -0.4 is 9.64 Å². The number of aromatic nitrogens is 2. The lowest BCUT2D eigenvalue weighted by Crippen LogP contribution is -2.31. The number of ether oxygens (including phenoxy) is 1. The molecule has 0 radical (unpaired) electrons. The number of hydrogen-bond acceptors (Lipinski definition) is 5. The number of methoxy groups -OCH3 is 1. The second-order valence-electron chi connectivity index (χ2n) is 6.06. The van der Waals surface area contributed by atoms with Crippen molar-refractivity contribution in [1.82, 2.24) is 14.9 Å². The molecule has 0 aliphatic carbocycles. The van der Waals surface area contributed by atoms with Gasteiger partial charge in [0.15, 0.2) is 0 Å². The van der Waals surface area contributed by atoms with Gasteiger partial charge >= 0.3 is 0 Å². The van der Waals surface area contributed by atoms with Gasteiger partial charge in [-0.2, -0.15) is 0 Å². The summed E-state index contributed by atoms with van der Waals surface area (Å²) in [5.74, 6) is 1.23. The highest BCUT2D eigenvalue weighted by Gasteiger charge is 2.32. The highest BCUT2D eigenvalue weighted by Crippen LogP contribution is 2.34. The first-order chi connectivity index (χ1) is 11.6. The zero-order valence-corrected chi connectivity index (χ0v) is 14.3. The maximum atomic E-state index is 13.0. The van der Waals surface area contributed by atoms with Crippen molar-refractivity contribution < 1.29 is 9.53 Å². The Bertz CT molecular complexity index is 732. The van der Waals surface area contributed by atoms with Crippen LogP contribution >= 0.6 is 0 Å². The van der Waals surface area contributed by atoms with Gasteiger partial charge in [0, 0.05) is 33.0 Å². The molecular weight excluding hydrogens is 304 g/mol. The van der Waals surface area contributed by atoms with E-state index in [1.807, 2.05) is 30.0 Å². The zero-order valence-electron chi connectivity index (χ0n) is 14.3. The predicted octanol–water partition coefficient (Wildman–Crippen LogP) is 2.53. The van der Waals surface area contributed by atoms with Crippen molar-refractivity contribution in [3.05, 3.63) is 47.8 Å². The molecule has 3 rings (SSSR count). The van der Waals surface area contributed by atoms with Crippen LogP contribution in [0.25, 0.3) is 0 Å².